The summed E-state index contributed by atoms with van der Waals surface area (Å²) >= 11 is 0. The van der Waals surface area contributed by atoms with E-state index in [2.05, 4.69) is 70.3 Å². The number of fused-ring (bicyclic) bond motifs is 3. The topological polar surface area (TPSA) is 64.8 Å². The number of nitrogens with two attached hydrogens (primary N) is 1. The van der Waals surface area contributed by atoms with E-state index in [0.717, 1.165) is 11.1 Å². The highest BCUT2D eigenvalue weighted by Gasteiger charge is 2.37. The second-order valence-corrected chi connectivity index (χ2v) is 16.0. The minimum absolute atomic E-state index is 0.0377. The van der Waals surface area contributed by atoms with Crippen molar-refractivity contribution in [2.24, 2.45) is 0 Å². The first-order chi connectivity index (χ1) is 17.0. The Balaban J connectivity index is 1.43. The molecule has 6 heteroatoms. The summed E-state index contributed by atoms with van der Waals surface area (Å²) in [7, 11) is -0.144. The van der Waals surface area contributed by atoms with Crippen LogP contribution in [0.2, 0.25) is 18.1 Å². The SMILES string of the molecule is CN(Cc1cc(N)ccc1CO[Si](C)(C)C(C)(C)C)C(=O)OCC1c2ccccc2-c2ccccc21. The molecule has 0 saturated heterocycles. The van der Waals surface area contributed by atoms with E-state index in [0.29, 0.717) is 25.4 Å². The second-order valence-electron chi connectivity index (χ2n) is 11.2. The van der Waals surface area contributed by atoms with Crippen molar-refractivity contribution in [1.82, 2.24) is 4.90 Å². The molecule has 1 aliphatic rings. The molecule has 0 aromatic heterocycles. The minimum atomic E-state index is -1.91. The lowest BCUT2D eigenvalue weighted by atomic mass is 9.98. The van der Waals surface area contributed by atoms with Gasteiger partial charge in [0.15, 0.2) is 8.32 Å². The van der Waals surface area contributed by atoms with Crippen LogP contribution in [0.1, 0.15) is 48.9 Å². The third-order valence-corrected chi connectivity index (χ3v) is 12.2. The molecule has 5 nitrogen and oxygen atoms in total. The van der Waals surface area contributed by atoms with Gasteiger partial charge in [-0.3, -0.25) is 0 Å². The number of hydrogen-bond acceptors (Lipinski definition) is 4. The van der Waals surface area contributed by atoms with Crippen molar-refractivity contribution in [2.75, 3.05) is 19.4 Å². The van der Waals surface area contributed by atoms with Gasteiger partial charge in [0.05, 0.1) is 6.61 Å². The van der Waals surface area contributed by atoms with Gasteiger partial charge in [-0.2, -0.15) is 0 Å². The van der Waals surface area contributed by atoms with Crippen LogP contribution in [-0.4, -0.2) is 33.0 Å². The number of ether oxygens (including phenoxy) is 1. The van der Waals surface area contributed by atoms with Crippen LogP contribution in [0.15, 0.2) is 66.7 Å². The highest BCUT2D eigenvalue weighted by Crippen LogP contribution is 2.44. The Morgan fingerprint density at radius 3 is 2.11 bits per heavy atom. The van der Waals surface area contributed by atoms with Crippen LogP contribution >= 0.6 is 0 Å². The number of carbonyl (C=O) groups is 1. The zero-order chi connectivity index (χ0) is 26.1. The molecule has 3 aromatic carbocycles. The molecular weight excluding hydrogens is 464 g/mol. The zero-order valence-corrected chi connectivity index (χ0v) is 23.3. The van der Waals surface area contributed by atoms with Gasteiger partial charge >= 0.3 is 6.09 Å². The van der Waals surface area contributed by atoms with E-state index in [1.54, 1.807) is 11.9 Å². The Labute approximate surface area is 216 Å². The lowest BCUT2D eigenvalue weighted by Crippen LogP contribution is -2.40. The number of hydrogen-bond donors (Lipinski definition) is 1. The van der Waals surface area contributed by atoms with Crippen molar-refractivity contribution in [3.05, 3.63) is 89.0 Å². The first-order valence-electron chi connectivity index (χ1n) is 12.6. The van der Waals surface area contributed by atoms with E-state index < -0.39 is 8.32 Å². The zero-order valence-electron chi connectivity index (χ0n) is 22.3. The summed E-state index contributed by atoms with van der Waals surface area (Å²) in [5.74, 6) is 0.0377. The van der Waals surface area contributed by atoms with Gasteiger partial charge in [0.2, 0.25) is 0 Å². The summed E-state index contributed by atoms with van der Waals surface area (Å²) in [5, 5.41) is 0.124. The molecule has 0 aliphatic heterocycles. The summed E-state index contributed by atoms with van der Waals surface area (Å²) in [5.41, 5.74) is 13.6. The van der Waals surface area contributed by atoms with E-state index in [9.17, 15) is 4.79 Å². The Kier molecular flexibility index (Phi) is 7.30. The van der Waals surface area contributed by atoms with Gasteiger partial charge in [0.25, 0.3) is 0 Å². The molecular formula is C30H38N2O3Si. The van der Waals surface area contributed by atoms with E-state index in [1.165, 1.54) is 22.3 Å². The first kappa shape index (κ1) is 26.0. The predicted molar refractivity (Wildman–Crippen MR) is 149 cm³/mol. The Hall–Kier alpha value is -3.09. The highest BCUT2D eigenvalue weighted by molar-refractivity contribution is 6.74. The molecule has 36 heavy (non-hydrogen) atoms. The third kappa shape index (κ3) is 5.35. The van der Waals surface area contributed by atoms with Crippen molar-refractivity contribution >= 4 is 20.1 Å². The molecule has 1 aliphatic carbocycles. The summed E-state index contributed by atoms with van der Waals surface area (Å²) in [4.78, 5) is 14.6. The molecule has 0 saturated carbocycles. The number of nitrogens with zero attached hydrogens (tertiary/aromatic N) is 1. The van der Waals surface area contributed by atoms with Crippen LogP contribution in [0.5, 0.6) is 0 Å². The molecule has 2 N–H and O–H groups in total. The van der Waals surface area contributed by atoms with Crippen molar-refractivity contribution in [3.8, 4) is 11.1 Å². The average Bonchev–Trinajstić information content (AvgIpc) is 3.15. The predicted octanol–water partition coefficient (Wildman–Crippen LogP) is 7.17. The smallest absolute Gasteiger partial charge is 0.409 e. The Morgan fingerprint density at radius 1 is 0.944 bits per heavy atom. The molecule has 1 amide bonds. The monoisotopic (exact) mass is 502 g/mol. The van der Waals surface area contributed by atoms with Crippen LogP contribution in [0.25, 0.3) is 11.1 Å². The van der Waals surface area contributed by atoms with E-state index >= 15 is 0 Å². The largest absolute Gasteiger partial charge is 0.448 e. The molecule has 0 atom stereocenters. The fourth-order valence-corrected chi connectivity index (χ4v) is 5.38. The van der Waals surface area contributed by atoms with Crippen LogP contribution in [0.3, 0.4) is 0 Å². The van der Waals surface area contributed by atoms with Gasteiger partial charge in [-0.05, 0) is 63.6 Å². The van der Waals surface area contributed by atoms with E-state index in [-0.39, 0.29) is 17.0 Å². The number of anilines is 1. The average molecular weight is 503 g/mol. The minimum Gasteiger partial charge on any atom is -0.448 e. The van der Waals surface area contributed by atoms with Crippen molar-refractivity contribution < 1.29 is 14.0 Å². The van der Waals surface area contributed by atoms with Crippen molar-refractivity contribution in [2.45, 2.75) is 58.0 Å². The maximum absolute atomic E-state index is 13.0. The number of carbonyl (C=O) groups excluding carboxylic acids is 1. The van der Waals surface area contributed by atoms with Crippen molar-refractivity contribution in [3.63, 3.8) is 0 Å². The van der Waals surface area contributed by atoms with Gasteiger partial charge in [0.1, 0.15) is 6.61 Å². The fourth-order valence-electron chi connectivity index (χ4n) is 4.43. The number of nitrogen functional groups attached to an aromatic ring is 1. The molecule has 3 aromatic rings. The van der Waals surface area contributed by atoms with Gasteiger partial charge in [-0.25, -0.2) is 4.79 Å². The molecule has 0 heterocycles. The standard InChI is InChI=1S/C30H38N2O3Si/c1-30(2,3)36(5,6)35-19-21-15-16-23(31)17-22(21)18-32(4)29(33)34-20-28-26-13-9-7-11-24(26)25-12-8-10-14-27(25)28/h7-17,28H,18-20,31H2,1-6H3. The molecule has 0 spiro atoms. The van der Waals surface area contributed by atoms with Crippen LogP contribution < -0.4 is 5.73 Å². The second kappa shape index (κ2) is 10.1. The molecule has 190 valence electrons. The summed E-state index contributed by atoms with van der Waals surface area (Å²) in [6.07, 6.45) is -0.351. The van der Waals surface area contributed by atoms with E-state index in [4.69, 9.17) is 14.9 Å². The molecule has 0 radical (unpaired) electrons. The highest BCUT2D eigenvalue weighted by atomic mass is 28.4. The van der Waals surface area contributed by atoms with Crippen LogP contribution in [0.4, 0.5) is 10.5 Å². The number of amides is 1. The quantitative estimate of drug-likeness (QED) is 0.275. The summed E-state index contributed by atoms with van der Waals surface area (Å²) in [6, 6.07) is 22.5. The van der Waals surface area contributed by atoms with E-state index in [1.807, 2.05) is 30.3 Å². The normalized spacial score (nSPS) is 13.3. The molecule has 0 unspecified atom stereocenters. The van der Waals surface area contributed by atoms with Crippen LogP contribution in [0, 0.1) is 0 Å². The van der Waals surface area contributed by atoms with Gasteiger partial charge in [0, 0.05) is 25.2 Å². The fraction of sp³-hybridized carbons (Fsp3) is 0.367. The first-order valence-corrected chi connectivity index (χ1v) is 15.5. The summed E-state index contributed by atoms with van der Waals surface area (Å²) < 4.78 is 12.3. The molecule has 4 rings (SSSR count). The lowest BCUT2D eigenvalue weighted by Gasteiger charge is -2.36. The third-order valence-electron chi connectivity index (χ3n) is 7.68. The lowest BCUT2D eigenvalue weighted by molar-refractivity contribution is 0.106. The van der Waals surface area contributed by atoms with Gasteiger partial charge < -0.3 is 19.8 Å². The maximum Gasteiger partial charge on any atom is 0.409 e. The number of benzene rings is 3. The van der Waals surface area contributed by atoms with Crippen LogP contribution in [-0.2, 0) is 22.3 Å². The molecule has 0 fully saturated rings. The Bertz CT molecular complexity index is 1200. The van der Waals surface area contributed by atoms with Gasteiger partial charge in [-0.15, -0.1) is 0 Å². The molecule has 0 bridgehead atoms. The summed E-state index contributed by atoms with van der Waals surface area (Å²) in [6.45, 7) is 12.4. The Morgan fingerprint density at radius 2 is 1.53 bits per heavy atom. The van der Waals surface area contributed by atoms with Gasteiger partial charge in [-0.1, -0.05) is 75.4 Å². The van der Waals surface area contributed by atoms with Crippen molar-refractivity contribution in [1.29, 1.82) is 0 Å². The number of rotatable bonds is 7. The maximum atomic E-state index is 13.0.